The van der Waals surface area contributed by atoms with Gasteiger partial charge in [0.2, 0.25) is 10.0 Å². The summed E-state index contributed by atoms with van der Waals surface area (Å²) in [5.74, 6) is -0.324. The minimum Gasteiger partial charge on any atom is -0.370 e. The number of sulfonamides is 1. The molecule has 0 saturated carbocycles. The summed E-state index contributed by atoms with van der Waals surface area (Å²) in [5.41, 5.74) is 1.95. The molecule has 0 aromatic heterocycles. The highest BCUT2D eigenvalue weighted by molar-refractivity contribution is 9.10. The Morgan fingerprint density at radius 3 is 2.43 bits per heavy atom. The van der Waals surface area contributed by atoms with Crippen LogP contribution in [0.4, 0.5) is 5.69 Å². The van der Waals surface area contributed by atoms with Crippen LogP contribution in [0.5, 0.6) is 0 Å². The third-order valence-corrected chi connectivity index (χ3v) is 6.80. The number of likely N-dealkylation sites (N-methyl/N-ethyl adjacent to an activating group) is 1. The molecule has 0 heterocycles. The number of hydrogen-bond acceptors (Lipinski definition) is 4. The van der Waals surface area contributed by atoms with Crippen LogP contribution < -0.4 is 14.9 Å². The lowest BCUT2D eigenvalue weighted by Crippen LogP contribution is -2.40. The van der Waals surface area contributed by atoms with Crippen molar-refractivity contribution in [3.05, 3.63) is 58.1 Å². The predicted octanol–water partition coefficient (Wildman–Crippen LogP) is 4.09. The molecule has 0 fully saturated rings. The Morgan fingerprint density at radius 2 is 1.83 bits per heavy atom. The van der Waals surface area contributed by atoms with Gasteiger partial charge in [-0.3, -0.25) is 4.79 Å². The first-order valence-electron chi connectivity index (χ1n) is 9.86. The summed E-state index contributed by atoms with van der Waals surface area (Å²) >= 11 is 3.35. The Kier molecular flexibility index (Phi) is 8.07. The maximum absolute atomic E-state index is 12.7. The third kappa shape index (κ3) is 6.82. The molecule has 0 aliphatic carbocycles. The molecule has 0 spiro atoms. The van der Waals surface area contributed by atoms with E-state index in [4.69, 9.17) is 0 Å². The molecule has 2 rings (SSSR count). The van der Waals surface area contributed by atoms with Gasteiger partial charge in [-0.2, -0.15) is 0 Å². The Bertz CT molecular complexity index is 1000. The van der Waals surface area contributed by atoms with Crippen molar-refractivity contribution < 1.29 is 13.2 Å². The van der Waals surface area contributed by atoms with E-state index >= 15 is 0 Å². The average Bonchev–Trinajstić information content (AvgIpc) is 2.63. The van der Waals surface area contributed by atoms with Crippen LogP contribution in [-0.4, -0.2) is 39.5 Å². The Labute approximate surface area is 188 Å². The van der Waals surface area contributed by atoms with Crippen molar-refractivity contribution in [1.82, 2.24) is 10.0 Å². The molecule has 0 saturated heterocycles. The fraction of sp³-hybridized carbons (Fsp3) is 0.409. The number of rotatable bonds is 8. The molecule has 0 aliphatic heterocycles. The van der Waals surface area contributed by atoms with Gasteiger partial charge in [-0.1, -0.05) is 12.1 Å². The van der Waals surface area contributed by atoms with Gasteiger partial charge in [0, 0.05) is 35.3 Å². The lowest BCUT2D eigenvalue weighted by molar-refractivity contribution is 0.0953. The monoisotopic (exact) mass is 495 g/mol. The molecular formula is C22H30BrN3O3S. The van der Waals surface area contributed by atoms with Crippen molar-refractivity contribution in [3.63, 3.8) is 0 Å². The van der Waals surface area contributed by atoms with Crippen LogP contribution in [0.15, 0.2) is 51.8 Å². The van der Waals surface area contributed by atoms with E-state index in [1.165, 1.54) is 17.7 Å². The lowest BCUT2D eigenvalue weighted by Gasteiger charge is -2.24. The molecule has 0 unspecified atom stereocenters. The van der Waals surface area contributed by atoms with Gasteiger partial charge in [-0.15, -0.1) is 0 Å². The highest BCUT2D eigenvalue weighted by Crippen LogP contribution is 2.22. The van der Waals surface area contributed by atoms with Crippen molar-refractivity contribution in [2.24, 2.45) is 0 Å². The van der Waals surface area contributed by atoms with Crippen molar-refractivity contribution in [2.45, 2.75) is 45.1 Å². The fourth-order valence-electron chi connectivity index (χ4n) is 3.00. The summed E-state index contributed by atoms with van der Waals surface area (Å²) in [6.07, 6.45) is 0. The molecule has 2 aromatic carbocycles. The summed E-state index contributed by atoms with van der Waals surface area (Å²) in [7, 11) is -3.73. The van der Waals surface area contributed by atoms with Crippen LogP contribution in [-0.2, 0) is 10.0 Å². The molecule has 2 N–H and O–H groups in total. The molecule has 6 nitrogen and oxygen atoms in total. The first-order valence-corrected chi connectivity index (χ1v) is 12.1. The van der Waals surface area contributed by atoms with Crippen molar-refractivity contribution >= 4 is 37.5 Å². The summed E-state index contributed by atoms with van der Waals surface area (Å²) in [5, 5.41) is 2.89. The number of benzene rings is 2. The molecule has 0 atom stereocenters. The van der Waals surface area contributed by atoms with Gasteiger partial charge in [-0.25, -0.2) is 13.1 Å². The summed E-state index contributed by atoms with van der Waals surface area (Å²) in [4.78, 5) is 14.9. The van der Waals surface area contributed by atoms with Crippen molar-refractivity contribution in [2.75, 3.05) is 24.5 Å². The molecule has 1 amide bonds. The molecule has 0 bridgehead atoms. The molecular weight excluding hydrogens is 466 g/mol. The summed E-state index contributed by atoms with van der Waals surface area (Å²) in [6.45, 7) is 11.3. The van der Waals surface area contributed by atoms with E-state index in [-0.39, 0.29) is 16.4 Å². The maximum Gasteiger partial charge on any atom is 0.252 e. The largest absolute Gasteiger partial charge is 0.370 e. The number of carbonyl (C=O) groups excluding carboxylic acids is 1. The van der Waals surface area contributed by atoms with Crippen LogP contribution in [0.1, 0.15) is 43.6 Å². The molecule has 2 aromatic rings. The zero-order chi connectivity index (χ0) is 22.5. The number of amides is 1. The average molecular weight is 496 g/mol. The van der Waals surface area contributed by atoms with Gasteiger partial charge >= 0.3 is 0 Å². The SMILES string of the molecule is CCN(CCNC(=O)c1cc(S(=O)(=O)NC(C)(C)C)ccc1Br)c1cccc(C)c1. The second-order valence-corrected chi connectivity index (χ2v) is 10.7. The van der Waals surface area contributed by atoms with Crippen LogP contribution in [0.2, 0.25) is 0 Å². The standard InChI is InChI=1S/C22H30BrN3O3S/c1-6-26(17-9-7-8-16(2)14-17)13-12-24-21(27)19-15-18(10-11-20(19)23)30(28,29)25-22(3,4)5/h7-11,14-15,25H,6,12-13H2,1-5H3,(H,24,27). The Balaban J connectivity index is 2.10. The van der Waals surface area contributed by atoms with E-state index < -0.39 is 15.6 Å². The minimum atomic E-state index is -3.73. The Morgan fingerprint density at radius 1 is 1.13 bits per heavy atom. The number of nitrogens with one attached hydrogen (secondary N) is 2. The summed E-state index contributed by atoms with van der Waals surface area (Å²) in [6, 6.07) is 12.7. The molecule has 0 aliphatic rings. The van der Waals surface area contributed by atoms with Crippen LogP contribution in [0.3, 0.4) is 0 Å². The van der Waals surface area contributed by atoms with Gasteiger partial charge in [0.25, 0.3) is 5.91 Å². The zero-order valence-electron chi connectivity index (χ0n) is 18.1. The number of anilines is 1. The zero-order valence-corrected chi connectivity index (χ0v) is 20.5. The Hall–Kier alpha value is -1.90. The lowest BCUT2D eigenvalue weighted by atomic mass is 10.1. The second-order valence-electron chi connectivity index (χ2n) is 8.17. The normalized spacial score (nSPS) is 11.9. The van der Waals surface area contributed by atoms with E-state index in [9.17, 15) is 13.2 Å². The second kappa shape index (κ2) is 9.94. The van der Waals surface area contributed by atoms with E-state index in [1.54, 1.807) is 26.8 Å². The number of halogens is 1. The van der Waals surface area contributed by atoms with Crippen molar-refractivity contribution in [1.29, 1.82) is 0 Å². The molecule has 0 radical (unpaired) electrons. The van der Waals surface area contributed by atoms with Gasteiger partial charge in [0.1, 0.15) is 0 Å². The van der Waals surface area contributed by atoms with Crippen LogP contribution in [0.25, 0.3) is 0 Å². The van der Waals surface area contributed by atoms with Crippen LogP contribution in [0, 0.1) is 6.92 Å². The van der Waals surface area contributed by atoms with E-state index in [0.29, 0.717) is 17.6 Å². The maximum atomic E-state index is 12.7. The number of carbonyl (C=O) groups is 1. The van der Waals surface area contributed by atoms with Gasteiger partial charge in [0.05, 0.1) is 10.5 Å². The highest BCUT2D eigenvalue weighted by Gasteiger charge is 2.23. The van der Waals surface area contributed by atoms with Crippen molar-refractivity contribution in [3.8, 4) is 0 Å². The van der Waals surface area contributed by atoms with E-state index in [2.05, 4.69) is 43.9 Å². The van der Waals surface area contributed by atoms with E-state index in [0.717, 1.165) is 12.2 Å². The van der Waals surface area contributed by atoms with Gasteiger partial charge < -0.3 is 10.2 Å². The molecule has 164 valence electrons. The molecule has 30 heavy (non-hydrogen) atoms. The fourth-order valence-corrected chi connectivity index (χ4v) is 4.87. The number of aryl methyl sites for hydroxylation is 1. The molecule has 8 heteroatoms. The number of hydrogen-bond donors (Lipinski definition) is 2. The topological polar surface area (TPSA) is 78.5 Å². The minimum absolute atomic E-state index is 0.0562. The van der Waals surface area contributed by atoms with Gasteiger partial charge in [0.15, 0.2) is 0 Å². The third-order valence-electron chi connectivity index (χ3n) is 4.35. The quantitative estimate of drug-likeness (QED) is 0.577. The predicted molar refractivity (Wildman–Crippen MR) is 126 cm³/mol. The number of nitrogens with zero attached hydrogens (tertiary/aromatic N) is 1. The van der Waals surface area contributed by atoms with Gasteiger partial charge in [-0.05, 0) is 86.4 Å². The summed E-state index contributed by atoms with van der Waals surface area (Å²) < 4.78 is 28.3. The first-order chi connectivity index (χ1) is 13.9. The first kappa shape index (κ1) is 24.4. The van der Waals surface area contributed by atoms with Crippen LogP contribution >= 0.6 is 15.9 Å². The highest BCUT2D eigenvalue weighted by atomic mass is 79.9. The van der Waals surface area contributed by atoms with E-state index in [1.807, 2.05) is 25.1 Å². The smallest absolute Gasteiger partial charge is 0.252 e.